The summed E-state index contributed by atoms with van der Waals surface area (Å²) in [5, 5.41) is 0. The number of aromatic nitrogens is 1. The van der Waals surface area contributed by atoms with E-state index < -0.39 is 11.7 Å². The van der Waals surface area contributed by atoms with Crippen molar-refractivity contribution in [2.75, 3.05) is 11.9 Å². The van der Waals surface area contributed by atoms with Gasteiger partial charge in [0.25, 0.3) is 0 Å². The lowest BCUT2D eigenvalue weighted by atomic mass is 10.2. The number of carbonyl (C=O) groups is 1. The van der Waals surface area contributed by atoms with Crippen molar-refractivity contribution in [1.82, 2.24) is 4.98 Å². The second-order valence-electron chi connectivity index (χ2n) is 5.35. The van der Waals surface area contributed by atoms with Crippen LogP contribution in [0.2, 0.25) is 0 Å². The van der Waals surface area contributed by atoms with Gasteiger partial charge in [-0.15, -0.1) is 6.58 Å². The van der Waals surface area contributed by atoms with Crippen LogP contribution in [0.25, 0.3) is 0 Å². The van der Waals surface area contributed by atoms with E-state index in [1.807, 2.05) is 39.0 Å². The van der Waals surface area contributed by atoms with Gasteiger partial charge in [-0.05, 0) is 45.7 Å². The molecule has 104 valence electrons. The molecule has 0 aromatic carbocycles. The number of rotatable bonds is 4. The first-order valence-electron chi connectivity index (χ1n) is 6.37. The molecule has 0 unspecified atom stereocenters. The number of ether oxygens (including phenoxy) is 1. The topological polar surface area (TPSA) is 42.4 Å². The molecule has 1 rings (SSSR count). The van der Waals surface area contributed by atoms with Crippen LogP contribution in [0, 0.1) is 0 Å². The zero-order valence-electron chi connectivity index (χ0n) is 12.1. The van der Waals surface area contributed by atoms with Gasteiger partial charge in [-0.2, -0.15) is 0 Å². The Hall–Kier alpha value is -1.84. The summed E-state index contributed by atoms with van der Waals surface area (Å²) in [5.74, 6) is 0.593. The second-order valence-corrected chi connectivity index (χ2v) is 5.35. The first-order chi connectivity index (χ1) is 8.83. The van der Waals surface area contributed by atoms with Gasteiger partial charge in [-0.25, -0.2) is 9.78 Å². The lowest BCUT2D eigenvalue weighted by molar-refractivity contribution is 0.0588. The highest BCUT2D eigenvalue weighted by molar-refractivity contribution is 5.85. The molecule has 4 nitrogen and oxygen atoms in total. The number of amides is 1. The van der Waals surface area contributed by atoms with E-state index in [0.29, 0.717) is 5.82 Å². The number of pyridine rings is 1. The van der Waals surface area contributed by atoms with E-state index in [9.17, 15) is 4.79 Å². The van der Waals surface area contributed by atoms with Gasteiger partial charge in [-0.3, -0.25) is 4.90 Å². The molecule has 0 aliphatic heterocycles. The van der Waals surface area contributed by atoms with Gasteiger partial charge in [0.1, 0.15) is 11.4 Å². The Kier molecular flexibility index (Phi) is 5.10. The third kappa shape index (κ3) is 5.12. The minimum Gasteiger partial charge on any atom is -0.443 e. The Labute approximate surface area is 115 Å². The lowest BCUT2D eigenvalue weighted by Gasteiger charge is -2.24. The summed E-state index contributed by atoms with van der Waals surface area (Å²) in [6.45, 7) is 9.21. The Balaban J connectivity index is 2.78. The Bertz CT molecular complexity index is 450. The number of hydrogen-bond acceptors (Lipinski definition) is 3. The molecule has 0 atom stereocenters. The molecule has 0 saturated carbocycles. The summed E-state index contributed by atoms with van der Waals surface area (Å²) in [6.07, 6.45) is 3.14. The number of hydrogen-bond donors (Lipinski definition) is 0. The summed E-state index contributed by atoms with van der Waals surface area (Å²) < 4.78 is 5.31. The number of aryl methyl sites for hydroxylation is 1. The van der Waals surface area contributed by atoms with Crippen molar-refractivity contribution in [3.05, 3.63) is 36.5 Å². The number of carbonyl (C=O) groups excluding carboxylic acids is 1. The van der Waals surface area contributed by atoms with Crippen molar-refractivity contribution in [1.29, 1.82) is 0 Å². The molecular weight excluding hydrogens is 240 g/mol. The zero-order valence-corrected chi connectivity index (χ0v) is 12.1. The van der Waals surface area contributed by atoms with Gasteiger partial charge in [-0.1, -0.05) is 12.1 Å². The van der Waals surface area contributed by atoms with E-state index in [4.69, 9.17) is 4.74 Å². The smallest absolute Gasteiger partial charge is 0.415 e. The highest BCUT2D eigenvalue weighted by Gasteiger charge is 2.21. The van der Waals surface area contributed by atoms with Gasteiger partial charge in [0.2, 0.25) is 0 Å². The predicted octanol–water partition coefficient (Wildman–Crippen LogP) is 3.57. The number of nitrogens with zero attached hydrogens (tertiary/aromatic N) is 2. The van der Waals surface area contributed by atoms with Crippen LogP contribution in [0.1, 0.15) is 32.9 Å². The van der Waals surface area contributed by atoms with Crippen molar-refractivity contribution < 1.29 is 9.53 Å². The quantitative estimate of drug-likeness (QED) is 0.779. The summed E-state index contributed by atoms with van der Waals surface area (Å²) in [5.41, 5.74) is 0.430. The van der Waals surface area contributed by atoms with Crippen LogP contribution >= 0.6 is 0 Å². The average Bonchev–Trinajstić information content (AvgIpc) is 2.33. The Morgan fingerprint density at radius 3 is 2.74 bits per heavy atom. The van der Waals surface area contributed by atoms with Crippen LogP contribution in [-0.2, 0) is 11.2 Å². The van der Waals surface area contributed by atoms with Crippen molar-refractivity contribution in [3.63, 3.8) is 0 Å². The monoisotopic (exact) mass is 262 g/mol. The summed E-state index contributed by atoms with van der Waals surface area (Å²) in [7, 11) is 1.66. The van der Waals surface area contributed by atoms with Crippen LogP contribution in [0.3, 0.4) is 0 Å². The maximum atomic E-state index is 11.9. The van der Waals surface area contributed by atoms with E-state index in [-0.39, 0.29) is 0 Å². The van der Waals surface area contributed by atoms with Gasteiger partial charge >= 0.3 is 6.09 Å². The summed E-state index contributed by atoms with van der Waals surface area (Å²) in [6, 6.07) is 5.62. The van der Waals surface area contributed by atoms with Gasteiger partial charge in [0.15, 0.2) is 0 Å². The zero-order chi connectivity index (χ0) is 14.5. The predicted molar refractivity (Wildman–Crippen MR) is 77.4 cm³/mol. The van der Waals surface area contributed by atoms with Crippen molar-refractivity contribution in [2.45, 2.75) is 39.2 Å². The van der Waals surface area contributed by atoms with Crippen LogP contribution in [-0.4, -0.2) is 23.7 Å². The second kappa shape index (κ2) is 6.36. The Morgan fingerprint density at radius 2 is 2.16 bits per heavy atom. The normalized spacial score (nSPS) is 10.9. The molecule has 0 spiro atoms. The Morgan fingerprint density at radius 1 is 1.47 bits per heavy atom. The van der Waals surface area contributed by atoms with Crippen molar-refractivity contribution >= 4 is 11.9 Å². The van der Waals surface area contributed by atoms with Crippen LogP contribution < -0.4 is 4.90 Å². The first-order valence-corrected chi connectivity index (χ1v) is 6.37. The molecule has 0 aliphatic rings. The molecule has 0 bridgehead atoms. The number of anilines is 1. The highest BCUT2D eigenvalue weighted by Crippen LogP contribution is 2.15. The molecule has 1 amide bonds. The third-order valence-corrected chi connectivity index (χ3v) is 2.41. The molecule has 0 radical (unpaired) electrons. The molecule has 1 aromatic rings. The van der Waals surface area contributed by atoms with Gasteiger partial charge < -0.3 is 4.74 Å². The average molecular weight is 262 g/mol. The van der Waals surface area contributed by atoms with Crippen LogP contribution in [0.4, 0.5) is 10.6 Å². The maximum Gasteiger partial charge on any atom is 0.415 e. The van der Waals surface area contributed by atoms with Crippen molar-refractivity contribution in [2.24, 2.45) is 0 Å². The van der Waals surface area contributed by atoms with E-state index in [1.54, 1.807) is 13.1 Å². The molecule has 0 fully saturated rings. The molecule has 19 heavy (non-hydrogen) atoms. The minimum atomic E-state index is -0.508. The maximum absolute atomic E-state index is 11.9. The van der Waals surface area contributed by atoms with Crippen molar-refractivity contribution in [3.8, 4) is 0 Å². The van der Waals surface area contributed by atoms with Crippen LogP contribution in [0.5, 0.6) is 0 Å². The molecule has 1 aromatic heterocycles. The van der Waals surface area contributed by atoms with Gasteiger partial charge in [0.05, 0.1) is 0 Å². The standard InChI is InChI=1S/C15H22N2O2/c1-6-7-9-12-10-8-11-13(16-12)17(5)14(18)19-15(2,3)4/h6,8,10-11H,1,7,9H2,2-5H3. The molecule has 0 aliphatic carbocycles. The molecule has 0 saturated heterocycles. The highest BCUT2D eigenvalue weighted by atomic mass is 16.6. The molecular formula is C15H22N2O2. The fourth-order valence-electron chi connectivity index (χ4n) is 1.47. The van der Waals surface area contributed by atoms with E-state index in [2.05, 4.69) is 11.6 Å². The van der Waals surface area contributed by atoms with E-state index >= 15 is 0 Å². The summed E-state index contributed by atoms with van der Waals surface area (Å²) >= 11 is 0. The molecule has 4 heteroatoms. The fraction of sp³-hybridized carbons (Fsp3) is 0.467. The van der Waals surface area contributed by atoms with E-state index in [1.165, 1.54) is 4.90 Å². The van der Waals surface area contributed by atoms with Crippen LogP contribution in [0.15, 0.2) is 30.9 Å². The number of allylic oxidation sites excluding steroid dienone is 1. The minimum absolute atomic E-state index is 0.402. The van der Waals surface area contributed by atoms with E-state index in [0.717, 1.165) is 18.5 Å². The fourth-order valence-corrected chi connectivity index (χ4v) is 1.47. The lowest BCUT2D eigenvalue weighted by Crippen LogP contribution is -2.34. The SMILES string of the molecule is C=CCCc1cccc(N(C)C(=O)OC(C)(C)C)n1. The summed E-state index contributed by atoms with van der Waals surface area (Å²) in [4.78, 5) is 17.8. The largest absolute Gasteiger partial charge is 0.443 e. The molecule has 1 heterocycles. The molecule has 0 N–H and O–H groups in total. The third-order valence-electron chi connectivity index (χ3n) is 2.41. The van der Waals surface area contributed by atoms with Gasteiger partial charge in [0, 0.05) is 12.7 Å². The first kappa shape index (κ1) is 15.2.